The predicted octanol–water partition coefficient (Wildman–Crippen LogP) is 3.05. The van der Waals surface area contributed by atoms with Gasteiger partial charge in [0.05, 0.1) is 6.42 Å². The van der Waals surface area contributed by atoms with Crippen molar-refractivity contribution in [2.75, 3.05) is 22.9 Å². The summed E-state index contributed by atoms with van der Waals surface area (Å²) in [4.78, 5) is 23.4. The molecule has 2 aliphatic heterocycles. The maximum absolute atomic E-state index is 12.8. The van der Waals surface area contributed by atoms with Crippen LogP contribution in [-0.4, -0.2) is 35.0 Å². The molecule has 5 nitrogen and oxygen atoms in total. The minimum absolute atomic E-state index is 0.0614. The van der Waals surface area contributed by atoms with Crippen LogP contribution in [0.1, 0.15) is 24.1 Å². The number of nitrogens with zero attached hydrogens (tertiary/aromatic N) is 4. The van der Waals surface area contributed by atoms with Crippen molar-refractivity contribution in [1.29, 1.82) is 0 Å². The van der Waals surface area contributed by atoms with Gasteiger partial charge in [0.15, 0.2) is 0 Å². The smallest absolute Gasteiger partial charge is 0.356 e. The first-order valence-electron chi connectivity index (χ1n) is 8.47. The molecule has 1 fully saturated rings. The first-order valence-corrected chi connectivity index (χ1v) is 8.47. The van der Waals surface area contributed by atoms with Crippen LogP contribution in [0.25, 0.3) is 0 Å². The lowest BCUT2D eigenvalue weighted by Crippen LogP contribution is -2.46. The lowest BCUT2D eigenvalue weighted by molar-refractivity contribution is -0.141. The average molecular weight is 362 g/mol. The number of anilines is 2. The largest absolute Gasteiger partial charge is 0.433 e. The van der Waals surface area contributed by atoms with Crippen molar-refractivity contribution in [1.82, 2.24) is 9.97 Å². The number of hydrogen-bond acceptors (Lipinski definition) is 4. The number of benzene rings is 1. The maximum Gasteiger partial charge on any atom is 0.433 e. The van der Waals surface area contributed by atoms with E-state index in [4.69, 9.17) is 0 Å². The van der Waals surface area contributed by atoms with E-state index in [9.17, 15) is 18.0 Å². The van der Waals surface area contributed by atoms with E-state index in [1.165, 1.54) is 0 Å². The third-order valence-corrected chi connectivity index (χ3v) is 4.96. The van der Waals surface area contributed by atoms with Gasteiger partial charge in [-0.2, -0.15) is 13.2 Å². The third-order valence-electron chi connectivity index (χ3n) is 4.96. The molecule has 1 saturated heterocycles. The summed E-state index contributed by atoms with van der Waals surface area (Å²) >= 11 is 0. The Morgan fingerprint density at radius 2 is 1.81 bits per heavy atom. The lowest BCUT2D eigenvalue weighted by Gasteiger charge is -2.37. The van der Waals surface area contributed by atoms with Gasteiger partial charge in [0, 0.05) is 30.9 Å². The lowest BCUT2D eigenvalue weighted by atomic mass is 10.0. The summed E-state index contributed by atoms with van der Waals surface area (Å²) in [5.41, 5.74) is 1.05. The number of fused-ring (bicyclic) bond motifs is 1. The second kappa shape index (κ2) is 6.26. The fourth-order valence-electron chi connectivity index (χ4n) is 3.71. The van der Waals surface area contributed by atoms with E-state index in [1.54, 1.807) is 0 Å². The van der Waals surface area contributed by atoms with Crippen LogP contribution in [0.5, 0.6) is 0 Å². The number of amides is 1. The van der Waals surface area contributed by atoms with Crippen LogP contribution in [0.15, 0.2) is 36.7 Å². The summed E-state index contributed by atoms with van der Waals surface area (Å²) in [7, 11) is 0. The molecule has 8 heteroatoms. The Balaban J connectivity index is 1.48. The molecular formula is C18H17F3N4O. The molecule has 4 rings (SSSR count). The normalized spacial score (nSPS) is 18.3. The van der Waals surface area contributed by atoms with Crippen LogP contribution < -0.4 is 9.80 Å². The van der Waals surface area contributed by atoms with Gasteiger partial charge in [-0.25, -0.2) is 9.97 Å². The fourth-order valence-corrected chi connectivity index (χ4v) is 3.71. The van der Waals surface area contributed by atoms with Crippen molar-refractivity contribution in [2.24, 2.45) is 0 Å². The summed E-state index contributed by atoms with van der Waals surface area (Å²) in [6.45, 7) is 1.09. The molecule has 0 bridgehead atoms. The molecule has 2 aliphatic rings. The zero-order chi connectivity index (χ0) is 18.3. The Bertz CT molecular complexity index is 831. The molecule has 0 unspecified atom stereocenters. The number of carbonyl (C=O) groups excluding carboxylic acids is 1. The molecule has 1 aromatic heterocycles. The molecule has 2 aromatic rings. The van der Waals surface area contributed by atoms with E-state index >= 15 is 0 Å². The van der Waals surface area contributed by atoms with E-state index in [0.717, 1.165) is 23.6 Å². The van der Waals surface area contributed by atoms with Crippen molar-refractivity contribution in [3.05, 3.63) is 47.9 Å². The molecular weight excluding hydrogens is 345 g/mol. The highest BCUT2D eigenvalue weighted by Crippen LogP contribution is 2.34. The van der Waals surface area contributed by atoms with Crippen LogP contribution in [0, 0.1) is 0 Å². The van der Waals surface area contributed by atoms with Crippen LogP contribution in [0.3, 0.4) is 0 Å². The Hall–Kier alpha value is -2.64. The van der Waals surface area contributed by atoms with E-state index in [-0.39, 0.29) is 17.8 Å². The summed E-state index contributed by atoms with van der Waals surface area (Å²) in [6.07, 6.45) is -1.75. The Morgan fingerprint density at radius 1 is 1.08 bits per heavy atom. The van der Waals surface area contributed by atoms with Gasteiger partial charge in [-0.3, -0.25) is 4.79 Å². The Labute approximate surface area is 148 Å². The van der Waals surface area contributed by atoms with E-state index in [0.29, 0.717) is 32.4 Å². The number of para-hydroxylation sites is 1. The van der Waals surface area contributed by atoms with Gasteiger partial charge < -0.3 is 9.80 Å². The molecule has 0 atom stereocenters. The quantitative estimate of drug-likeness (QED) is 0.824. The van der Waals surface area contributed by atoms with Gasteiger partial charge in [-0.05, 0) is 24.5 Å². The van der Waals surface area contributed by atoms with Gasteiger partial charge >= 0.3 is 6.18 Å². The highest BCUT2D eigenvalue weighted by Gasteiger charge is 2.36. The van der Waals surface area contributed by atoms with Crippen LogP contribution >= 0.6 is 0 Å². The molecule has 1 amide bonds. The van der Waals surface area contributed by atoms with Gasteiger partial charge in [0.1, 0.15) is 17.8 Å². The van der Waals surface area contributed by atoms with Crippen molar-refractivity contribution in [3.63, 3.8) is 0 Å². The Kier molecular flexibility index (Phi) is 4.05. The molecule has 26 heavy (non-hydrogen) atoms. The molecule has 0 radical (unpaired) electrons. The summed E-state index contributed by atoms with van der Waals surface area (Å²) in [5, 5.41) is 0. The third kappa shape index (κ3) is 3.00. The van der Waals surface area contributed by atoms with Crippen molar-refractivity contribution >= 4 is 17.4 Å². The monoisotopic (exact) mass is 362 g/mol. The van der Waals surface area contributed by atoms with Gasteiger partial charge in [0.2, 0.25) is 5.91 Å². The van der Waals surface area contributed by atoms with Gasteiger partial charge in [0.25, 0.3) is 0 Å². The zero-order valence-corrected chi connectivity index (χ0v) is 13.9. The van der Waals surface area contributed by atoms with E-state index in [2.05, 4.69) is 9.97 Å². The number of hydrogen-bond donors (Lipinski definition) is 0. The van der Waals surface area contributed by atoms with Crippen molar-refractivity contribution in [2.45, 2.75) is 31.5 Å². The zero-order valence-electron chi connectivity index (χ0n) is 13.9. The molecule has 0 spiro atoms. The first-order chi connectivity index (χ1) is 12.4. The summed E-state index contributed by atoms with van der Waals surface area (Å²) < 4.78 is 38.5. The van der Waals surface area contributed by atoms with Gasteiger partial charge in [-0.1, -0.05) is 18.2 Å². The van der Waals surface area contributed by atoms with E-state index < -0.39 is 11.9 Å². The molecule has 3 heterocycles. The van der Waals surface area contributed by atoms with Crippen LogP contribution in [-0.2, 0) is 17.4 Å². The number of halogens is 3. The standard InChI is InChI=1S/C18H17F3N4O/c19-18(20,21)15-10-16(23-11-22-15)24-7-5-13(6-8-24)25-14-4-2-1-3-12(14)9-17(25)26/h1-4,10-11,13H,5-9H2. The minimum atomic E-state index is -4.48. The van der Waals surface area contributed by atoms with E-state index in [1.807, 2.05) is 34.1 Å². The minimum Gasteiger partial charge on any atom is -0.356 e. The molecule has 0 saturated carbocycles. The average Bonchev–Trinajstić information content (AvgIpc) is 2.97. The molecule has 1 aromatic carbocycles. The fraction of sp³-hybridized carbons (Fsp3) is 0.389. The summed E-state index contributed by atoms with van der Waals surface area (Å²) in [5.74, 6) is 0.366. The Morgan fingerprint density at radius 3 is 2.54 bits per heavy atom. The molecule has 0 N–H and O–H groups in total. The van der Waals surface area contributed by atoms with Crippen LogP contribution in [0.4, 0.5) is 24.7 Å². The SMILES string of the molecule is O=C1Cc2ccccc2N1C1CCN(c2cc(C(F)(F)F)ncn2)CC1. The second-order valence-electron chi connectivity index (χ2n) is 6.55. The van der Waals surface area contributed by atoms with Crippen molar-refractivity contribution < 1.29 is 18.0 Å². The second-order valence-corrected chi connectivity index (χ2v) is 6.55. The topological polar surface area (TPSA) is 49.3 Å². The number of rotatable bonds is 2. The maximum atomic E-state index is 12.8. The number of aromatic nitrogens is 2. The first kappa shape index (κ1) is 16.8. The summed E-state index contributed by atoms with van der Waals surface area (Å²) in [6, 6.07) is 8.79. The molecule has 136 valence electrons. The highest BCUT2D eigenvalue weighted by atomic mass is 19.4. The predicted molar refractivity (Wildman–Crippen MR) is 89.9 cm³/mol. The highest BCUT2D eigenvalue weighted by molar-refractivity contribution is 6.01. The number of alkyl halides is 3. The number of piperidine rings is 1. The molecule has 0 aliphatic carbocycles. The number of carbonyl (C=O) groups is 1. The van der Waals surface area contributed by atoms with Crippen LogP contribution in [0.2, 0.25) is 0 Å². The van der Waals surface area contributed by atoms with Crippen molar-refractivity contribution in [3.8, 4) is 0 Å². The van der Waals surface area contributed by atoms with Gasteiger partial charge in [-0.15, -0.1) is 0 Å².